The lowest BCUT2D eigenvalue weighted by Crippen LogP contribution is -2.38. The molecule has 0 fully saturated rings. The molecule has 2 aromatic carbocycles. The van der Waals surface area contributed by atoms with E-state index in [1.54, 1.807) is 42.5 Å². The third-order valence-electron chi connectivity index (χ3n) is 3.60. The van der Waals surface area contributed by atoms with Crippen molar-refractivity contribution in [3.05, 3.63) is 64.1 Å². The average Bonchev–Trinajstić information content (AvgIpc) is 2.60. The van der Waals surface area contributed by atoms with Gasteiger partial charge in [0.15, 0.2) is 0 Å². The molecule has 0 aromatic heterocycles. The molecular formula is C19H20BrN3O3. The fourth-order valence-electron chi connectivity index (χ4n) is 2.33. The van der Waals surface area contributed by atoms with Crippen LogP contribution in [0.25, 0.3) is 0 Å². The standard InChI is InChI=1S/C19H20BrN3O3/c1-12(15-4-3-5-17(10-15)23-13(2)24)22-18(25)11-21-19(26)14-6-8-16(20)9-7-14/h3-10,12H,11H2,1-2H3,(H,21,26)(H,22,25)(H,23,24). The highest BCUT2D eigenvalue weighted by Gasteiger charge is 2.12. The minimum Gasteiger partial charge on any atom is -0.348 e. The molecule has 0 saturated heterocycles. The zero-order chi connectivity index (χ0) is 19.1. The quantitative estimate of drug-likeness (QED) is 0.674. The number of anilines is 1. The predicted octanol–water partition coefficient (Wildman–Crippen LogP) is 3.01. The maximum Gasteiger partial charge on any atom is 0.251 e. The van der Waals surface area contributed by atoms with Crippen LogP contribution in [-0.4, -0.2) is 24.3 Å². The summed E-state index contributed by atoms with van der Waals surface area (Å²) in [5.74, 6) is -0.768. The smallest absolute Gasteiger partial charge is 0.251 e. The minimum atomic E-state index is -0.312. The van der Waals surface area contributed by atoms with Crippen molar-refractivity contribution in [2.24, 2.45) is 0 Å². The molecule has 0 aliphatic heterocycles. The van der Waals surface area contributed by atoms with Gasteiger partial charge in [-0.3, -0.25) is 14.4 Å². The first kappa shape index (κ1) is 19.7. The molecular weight excluding hydrogens is 398 g/mol. The van der Waals surface area contributed by atoms with E-state index in [9.17, 15) is 14.4 Å². The first-order chi connectivity index (χ1) is 12.3. The number of rotatable bonds is 6. The third-order valence-corrected chi connectivity index (χ3v) is 4.13. The molecule has 0 radical (unpaired) electrons. The van der Waals surface area contributed by atoms with Crippen LogP contribution in [0.15, 0.2) is 53.0 Å². The van der Waals surface area contributed by atoms with Crippen molar-refractivity contribution < 1.29 is 14.4 Å². The normalized spacial score (nSPS) is 11.3. The summed E-state index contributed by atoms with van der Waals surface area (Å²) in [5.41, 5.74) is 2.00. The highest BCUT2D eigenvalue weighted by atomic mass is 79.9. The van der Waals surface area contributed by atoms with Crippen molar-refractivity contribution >= 4 is 39.3 Å². The molecule has 7 heteroatoms. The van der Waals surface area contributed by atoms with Crippen LogP contribution in [0, 0.1) is 0 Å². The SMILES string of the molecule is CC(=O)Nc1cccc(C(C)NC(=O)CNC(=O)c2ccc(Br)cc2)c1. The Hall–Kier alpha value is -2.67. The van der Waals surface area contributed by atoms with Gasteiger partial charge >= 0.3 is 0 Å². The molecule has 6 nitrogen and oxygen atoms in total. The fraction of sp³-hybridized carbons (Fsp3) is 0.211. The van der Waals surface area contributed by atoms with Crippen molar-refractivity contribution in [3.8, 4) is 0 Å². The van der Waals surface area contributed by atoms with Gasteiger partial charge in [-0.15, -0.1) is 0 Å². The zero-order valence-electron chi connectivity index (χ0n) is 14.5. The summed E-state index contributed by atoms with van der Waals surface area (Å²) in [5, 5.41) is 8.11. The maximum absolute atomic E-state index is 12.1. The molecule has 2 aromatic rings. The Balaban J connectivity index is 1.88. The van der Waals surface area contributed by atoms with Crippen LogP contribution < -0.4 is 16.0 Å². The van der Waals surface area contributed by atoms with E-state index >= 15 is 0 Å². The lowest BCUT2D eigenvalue weighted by molar-refractivity contribution is -0.120. The second kappa shape index (κ2) is 9.15. The van der Waals surface area contributed by atoms with Crippen molar-refractivity contribution in [1.29, 1.82) is 0 Å². The Labute approximate surface area is 160 Å². The van der Waals surface area contributed by atoms with Gasteiger partial charge in [-0.25, -0.2) is 0 Å². The van der Waals surface area contributed by atoms with Crippen LogP contribution in [0.5, 0.6) is 0 Å². The van der Waals surface area contributed by atoms with Crippen LogP contribution >= 0.6 is 15.9 Å². The number of halogens is 1. The largest absolute Gasteiger partial charge is 0.348 e. The highest BCUT2D eigenvalue weighted by Crippen LogP contribution is 2.17. The average molecular weight is 418 g/mol. The molecule has 3 N–H and O–H groups in total. The van der Waals surface area contributed by atoms with Gasteiger partial charge in [-0.05, 0) is 48.9 Å². The summed E-state index contributed by atoms with van der Waals surface area (Å²) in [7, 11) is 0. The van der Waals surface area contributed by atoms with Crippen molar-refractivity contribution in [2.45, 2.75) is 19.9 Å². The van der Waals surface area contributed by atoms with Crippen LogP contribution in [0.1, 0.15) is 35.8 Å². The topological polar surface area (TPSA) is 87.3 Å². The van der Waals surface area contributed by atoms with E-state index in [1.165, 1.54) is 6.92 Å². The first-order valence-corrected chi connectivity index (χ1v) is 8.85. The Morgan fingerprint density at radius 3 is 2.42 bits per heavy atom. The second-order valence-electron chi connectivity index (χ2n) is 5.79. The summed E-state index contributed by atoms with van der Waals surface area (Å²) < 4.78 is 0.877. The minimum absolute atomic E-state index is 0.120. The third kappa shape index (κ3) is 6.00. The first-order valence-electron chi connectivity index (χ1n) is 8.06. The van der Waals surface area contributed by atoms with Crippen LogP contribution in [0.4, 0.5) is 5.69 Å². The maximum atomic E-state index is 12.1. The number of carbonyl (C=O) groups is 3. The van der Waals surface area contributed by atoms with Crippen molar-refractivity contribution in [2.75, 3.05) is 11.9 Å². The number of amides is 3. The molecule has 0 saturated carbocycles. The summed E-state index contributed by atoms with van der Waals surface area (Å²) in [6, 6.07) is 13.8. The Morgan fingerprint density at radius 2 is 1.77 bits per heavy atom. The van der Waals surface area contributed by atoms with Gasteiger partial charge in [-0.2, -0.15) is 0 Å². The monoisotopic (exact) mass is 417 g/mol. The molecule has 1 atom stereocenters. The second-order valence-corrected chi connectivity index (χ2v) is 6.70. The summed E-state index contributed by atoms with van der Waals surface area (Å²) in [6.07, 6.45) is 0. The van der Waals surface area contributed by atoms with Gasteiger partial charge in [-0.1, -0.05) is 28.1 Å². The number of nitrogens with one attached hydrogen (secondary N) is 3. The highest BCUT2D eigenvalue weighted by molar-refractivity contribution is 9.10. The lowest BCUT2D eigenvalue weighted by atomic mass is 10.1. The Bertz CT molecular complexity index is 806. The van der Waals surface area contributed by atoms with Gasteiger partial charge < -0.3 is 16.0 Å². The summed E-state index contributed by atoms with van der Waals surface area (Å²) >= 11 is 3.31. The van der Waals surface area contributed by atoms with Crippen LogP contribution in [0.3, 0.4) is 0 Å². The van der Waals surface area contributed by atoms with E-state index in [1.807, 2.05) is 13.0 Å². The van der Waals surface area contributed by atoms with E-state index in [-0.39, 0.29) is 30.3 Å². The molecule has 0 bridgehead atoms. The number of benzene rings is 2. The molecule has 0 heterocycles. The zero-order valence-corrected chi connectivity index (χ0v) is 16.1. The van der Waals surface area contributed by atoms with Crippen molar-refractivity contribution in [1.82, 2.24) is 10.6 Å². The van der Waals surface area contributed by atoms with Crippen LogP contribution in [-0.2, 0) is 9.59 Å². The lowest BCUT2D eigenvalue weighted by Gasteiger charge is -2.16. The number of hydrogen-bond acceptors (Lipinski definition) is 3. The molecule has 0 spiro atoms. The Morgan fingerprint density at radius 1 is 1.08 bits per heavy atom. The van der Waals surface area contributed by atoms with Crippen molar-refractivity contribution in [3.63, 3.8) is 0 Å². The molecule has 136 valence electrons. The van der Waals surface area contributed by atoms with E-state index < -0.39 is 0 Å². The molecule has 0 aliphatic rings. The fourth-order valence-corrected chi connectivity index (χ4v) is 2.59. The molecule has 3 amide bonds. The summed E-state index contributed by atoms with van der Waals surface area (Å²) in [4.78, 5) is 35.2. The molecule has 1 unspecified atom stereocenters. The number of hydrogen-bond donors (Lipinski definition) is 3. The van der Waals surface area contributed by atoms with Gasteiger partial charge in [0, 0.05) is 22.6 Å². The van der Waals surface area contributed by atoms with E-state index in [4.69, 9.17) is 0 Å². The molecule has 2 rings (SSSR count). The van der Waals surface area contributed by atoms with E-state index in [2.05, 4.69) is 31.9 Å². The predicted molar refractivity (Wildman–Crippen MR) is 104 cm³/mol. The van der Waals surface area contributed by atoms with E-state index in [0.717, 1.165) is 10.0 Å². The molecule has 26 heavy (non-hydrogen) atoms. The van der Waals surface area contributed by atoms with Gasteiger partial charge in [0.25, 0.3) is 5.91 Å². The van der Waals surface area contributed by atoms with Gasteiger partial charge in [0.1, 0.15) is 0 Å². The van der Waals surface area contributed by atoms with E-state index in [0.29, 0.717) is 11.3 Å². The summed E-state index contributed by atoms with van der Waals surface area (Å²) in [6.45, 7) is 3.15. The van der Waals surface area contributed by atoms with Gasteiger partial charge in [0.05, 0.1) is 12.6 Å². The molecule has 0 aliphatic carbocycles. The number of carbonyl (C=O) groups excluding carboxylic acids is 3. The Kier molecular flexibility index (Phi) is 6.91. The van der Waals surface area contributed by atoms with Crippen LogP contribution in [0.2, 0.25) is 0 Å². The van der Waals surface area contributed by atoms with Gasteiger partial charge in [0.2, 0.25) is 11.8 Å².